The van der Waals surface area contributed by atoms with E-state index in [1.54, 1.807) is 0 Å². The van der Waals surface area contributed by atoms with Gasteiger partial charge in [-0.25, -0.2) is 0 Å². The first-order valence-corrected chi connectivity index (χ1v) is 3.13. The molecule has 0 aliphatic rings. The van der Waals surface area contributed by atoms with Crippen LogP contribution in [0.4, 0.5) is 0 Å². The fourth-order valence-corrected chi connectivity index (χ4v) is 0.553. The Balaban J connectivity index is 2.95. The van der Waals surface area contributed by atoms with Gasteiger partial charge in [0, 0.05) is 12.6 Å². The van der Waals surface area contributed by atoms with Gasteiger partial charge in [0.25, 0.3) is 0 Å². The third kappa shape index (κ3) is 5.72. The van der Waals surface area contributed by atoms with Gasteiger partial charge >= 0.3 is 0 Å². The van der Waals surface area contributed by atoms with Crippen LogP contribution in [0.15, 0.2) is 0 Å². The lowest BCUT2D eigenvalue weighted by Gasteiger charge is -2.12. The summed E-state index contributed by atoms with van der Waals surface area (Å²) in [7, 11) is 3.71. The smallest absolute Gasteiger partial charge is 0.0323 e. The molecule has 0 aromatic rings. The molecule has 4 N–H and O–H groups in total. The van der Waals surface area contributed by atoms with E-state index in [2.05, 4.69) is 28.6 Å². The monoisotopic (exact) mass is 132 g/mol. The second-order valence-corrected chi connectivity index (χ2v) is 1.93. The first kappa shape index (κ1) is 8.84. The standard InChI is InChI=1S/C5H16N4/c1-5(9-7-3)4-8-6-2/h5-9H,4H2,1-3H3/t5-/m1/s1. The SMILES string of the molecule is CNNC[C@@H](C)NNC. The highest BCUT2D eigenvalue weighted by Gasteiger charge is 1.94. The summed E-state index contributed by atoms with van der Waals surface area (Å²) in [4.78, 5) is 0. The predicted octanol–water partition coefficient (Wildman–Crippen LogP) is -1.18. The Morgan fingerprint density at radius 3 is 2.33 bits per heavy atom. The van der Waals surface area contributed by atoms with Gasteiger partial charge in [-0.3, -0.25) is 21.7 Å². The molecule has 0 aliphatic carbocycles. The van der Waals surface area contributed by atoms with Gasteiger partial charge in [-0.1, -0.05) is 0 Å². The van der Waals surface area contributed by atoms with Crippen molar-refractivity contribution in [2.75, 3.05) is 20.6 Å². The van der Waals surface area contributed by atoms with E-state index in [1.807, 2.05) is 14.1 Å². The highest BCUT2D eigenvalue weighted by atomic mass is 15.4. The fraction of sp³-hybridized carbons (Fsp3) is 1.00. The maximum absolute atomic E-state index is 3.03. The van der Waals surface area contributed by atoms with E-state index in [0.29, 0.717) is 6.04 Å². The normalized spacial score (nSPS) is 13.7. The van der Waals surface area contributed by atoms with Crippen LogP contribution in [0.3, 0.4) is 0 Å². The lowest BCUT2D eigenvalue weighted by Crippen LogP contribution is -2.45. The van der Waals surface area contributed by atoms with Gasteiger partial charge in [0.15, 0.2) is 0 Å². The van der Waals surface area contributed by atoms with E-state index in [1.165, 1.54) is 0 Å². The van der Waals surface area contributed by atoms with Crippen LogP contribution in [0.1, 0.15) is 6.92 Å². The van der Waals surface area contributed by atoms with Crippen LogP contribution in [0.5, 0.6) is 0 Å². The summed E-state index contributed by atoms with van der Waals surface area (Å²) in [5, 5.41) is 0. The van der Waals surface area contributed by atoms with Crippen LogP contribution >= 0.6 is 0 Å². The van der Waals surface area contributed by atoms with E-state index >= 15 is 0 Å². The average Bonchev–Trinajstić information content (AvgIpc) is 1.85. The Bertz CT molecular complexity index is 56.9. The van der Waals surface area contributed by atoms with E-state index < -0.39 is 0 Å². The molecule has 56 valence electrons. The summed E-state index contributed by atoms with van der Waals surface area (Å²) in [6.07, 6.45) is 0. The number of hydrazine groups is 2. The highest BCUT2D eigenvalue weighted by Crippen LogP contribution is 1.70. The summed E-state index contributed by atoms with van der Waals surface area (Å²) in [5.41, 5.74) is 11.7. The van der Waals surface area contributed by atoms with Crippen LogP contribution in [-0.4, -0.2) is 26.7 Å². The molecule has 0 aliphatic heterocycles. The van der Waals surface area contributed by atoms with E-state index in [9.17, 15) is 0 Å². The van der Waals surface area contributed by atoms with Crippen molar-refractivity contribution < 1.29 is 0 Å². The van der Waals surface area contributed by atoms with Crippen molar-refractivity contribution in [2.45, 2.75) is 13.0 Å². The fourth-order valence-electron chi connectivity index (χ4n) is 0.553. The van der Waals surface area contributed by atoms with Crippen LogP contribution in [0.2, 0.25) is 0 Å². The van der Waals surface area contributed by atoms with Crippen LogP contribution in [-0.2, 0) is 0 Å². The molecule has 0 bridgehead atoms. The Labute approximate surface area is 56.3 Å². The van der Waals surface area contributed by atoms with Gasteiger partial charge in [0.2, 0.25) is 0 Å². The largest absolute Gasteiger partial charge is 0.261 e. The van der Waals surface area contributed by atoms with Crippen molar-refractivity contribution in [2.24, 2.45) is 0 Å². The van der Waals surface area contributed by atoms with Crippen molar-refractivity contribution >= 4 is 0 Å². The zero-order valence-corrected chi connectivity index (χ0v) is 6.28. The molecule has 0 aromatic carbocycles. The summed E-state index contributed by atoms with van der Waals surface area (Å²) < 4.78 is 0. The summed E-state index contributed by atoms with van der Waals surface area (Å²) in [6.45, 7) is 2.98. The van der Waals surface area contributed by atoms with Crippen molar-refractivity contribution in [3.8, 4) is 0 Å². The zero-order valence-electron chi connectivity index (χ0n) is 6.28. The molecule has 1 atom stereocenters. The molecular formula is C5H16N4. The van der Waals surface area contributed by atoms with E-state index in [4.69, 9.17) is 0 Å². The molecule has 0 aromatic heterocycles. The molecule has 0 spiro atoms. The molecule has 0 radical (unpaired) electrons. The minimum atomic E-state index is 0.433. The minimum Gasteiger partial charge on any atom is -0.261 e. The molecule has 0 saturated carbocycles. The maximum atomic E-state index is 3.03. The Morgan fingerprint density at radius 2 is 1.89 bits per heavy atom. The van der Waals surface area contributed by atoms with Crippen LogP contribution in [0.25, 0.3) is 0 Å². The number of hydrogen-bond acceptors (Lipinski definition) is 4. The third-order valence-electron chi connectivity index (χ3n) is 0.976. The van der Waals surface area contributed by atoms with Gasteiger partial charge in [-0.2, -0.15) is 0 Å². The van der Waals surface area contributed by atoms with Gasteiger partial charge < -0.3 is 0 Å². The second kappa shape index (κ2) is 5.97. The molecule has 0 amide bonds. The van der Waals surface area contributed by atoms with Gasteiger partial charge in [-0.15, -0.1) is 0 Å². The number of nitrogens with one attached hydrogen (secondary N) is 4. The summed E-state index contributed by atoms with van der Waals surface area (Å²) in [5.74, 6) is 0. The lowest BCUT2D eigenvalue weighted by atomic mass is 10.4. The number of hydrogen-bond donors (Lipinski definition) is 4. The Morgan fingerprint density at radius 1 is 1.22 bits per heavy atom. The molecule has 0 fully saturated rings. The molecular weight excluding hydrogens is 116 g/mol. The third-order valence-corrected chi connectivity index (χ3v) is 0.976. The molecule has 4 nitrogen and oxygen atoms in total. The first-order chi connectivity index (χ1) is 4.31. The highest BCUT2D eigenvalue weighted by molar-refractivity contribution is 4.56. The van der Waals surface area contributed by atoms with Gasteiger partial charge in [-0.05, 0) is 21.0 Å². The molecule has 0 saturated heterocycles. The lowest BCUT2D eigenvalue weighted by molar-refractivity contribution is 0.438. The van der Waals surface area contributed by atoms with E-state index in [0.717, 1.165) is 6.54 Å². The topological polar surface area (TPSA) is 48.1 Å². The average molecular weight is 132 g/mol. The van der Waals surface area contributed by atoms with Gasteiger partial charge in [0.05, 0.1) is 0 Å². The van der Waals surface area contributed by atoms with Crippen molar-refractivity contribution in [1.82, 2.24) is 21.7 Å². The van der Waals surface area contributed by atoms with Crippen molar-refractivity contribution in [1.29, 1.82) is 0 Å². The summed E-state index contributed by atoms with van der Waals surface area (Å²) in [6, 6.07) is 0.433. The summed E-state index contributed by atoms with van der Waals surface area (Å²) >= 11 is 0. The van der Waals surface area contributed by atoms with Crippen LogP contribution in [0, 0.1) is 0 Å². The molecule has 0 rings (SSSR count). The quantitative estimate of drug-likeness (QED) is 0.356. The van der Waals surface area contributed by atoms with Crippen LogP contribution < -0.4 is 21.7 Å². The van der Waals surface area contributed by atoms with Crippen molar-refractivity contribution in [3.05, 3.63) is 0 Å². The second-order valence-electron chi connectivity index (χ2n) is 1.93. The molecule has 4 heteroatoms. The molecule has 0 unspecified atom stereocenters. The zero-order chi connectivity index (χ0) is 7.11. The Hall–Kier alpha value is -0.160. The van der Waals surface area contributed by atoms with E-state index in [-0.39, 0.29) is 0 Å². The predicted molar refractivity (Wildman–Crippen MR) is 38.7 cm³/mol. The molecule has 0 heterocycles. The van der Waals surface area contributed by atoms with Gasteiger partial charge in [0.1, 0.15) is 0 Å². The number of rotatable bonds is 5. The van der Waals surface area contributed by atoms with Crippen molar-refractivity contribution in [3.63, 3.8) is 0 Å². The Kier molecular flexibility index (Phi) is 5.86. The first-order valence-electron chi connectivity index (χ1n) is 3.13. The maximum Gasteiger partial charge on any atom is 0.0323 e. The molecule has 9 heavy (non-hydrogen) atoms. The minimum absolute atomic E-state index is 0.433.